The zero-order valence-corrected chi connectivity index (χ0v) is 14.8. The molecule has 0 amide bonds. The molecule has 7 heteroatoms. The highest BCUT2D eigenvalue weighted by molar-refractivity contribution is 5.65. The third-order valence-corrected chi connectivity index (χ3v) is 5.53. The van der Waals surface area contributed by atoms with E-state index in [0.29, 0.717) is 11.6 Å². The maximum absolute atomic E-state index is 12.9. The first-order valence-electron chi connectivity index (χ1n) is 9.17. The molecule has 0 unspecified atom stereocenters. The topological polar surface area (TPSA) is 75.8 Å². The van der Waals surface area contributed by atoms with Gasteiger partial charge in [-0.25, -0.2) is 9.50 Å². The van der Waals surface area contributed by atoms with Gasteiger partial charge in [0.05, 0.1) is 24.3 Å². The number of aromatic nitrogens is 3. The summed E-state index contributed by atoms with van der Waals surface area (Å²) < 4.78 is 12.4. The summed E-state index contributed by atoms with van der Waals surface area (Å²) in [5, 5.41) is 3.18. The van der Waals surface area contributed by atoms with Crippen LogP contribution in [0, 0.1) is 12.8 Å². The monoisotopic (exact) mass is 354 g/mol. The molecule has 3 aromatic rings. The van der Waals surface area contributed by atoms with E-state index in [-0.39, 0.29) is 5.56 Å². The highest BCUT2D eigenvalue weighted by Gasteiger charge is 2.26. The number of H-pyrrole nitrogens is 1. The van der Waals surface area contributed by atoms with Gasteiger partial charge in [-0.3, -0.25) is 14.8 Å². The molecule has 1 fully saturated rings. The van der Waals surface area contributed by atoms with Crippen LogP contribution in [0.4, 0.5) is 0 Å². The lowest BCUT2D eigenvalue weighted by Gasteiger charge is -2.29. The van der Waals surface area contributed by atoms with Crippen molar-refractivity contribution in [1.29, 1.82) is 0 Å². The lowest BCUT2D eigenvalue weighted by atomic mass is 10.0. The average molecular weight is 354 g/mol. The summed E-state index contributed by atoms with van der Waals surface area (Å²) in [7, 11) is 0. The fourth-order valence-electron chi connectivity index (χ4n) is 4.10. The first-order chi connectivity index (χ1) is 12.7. The van der Waals surface area contributed by atoms with Crippen LogP contribution in [0.5, 0.6) is 0 Å². The summed E-state index contributed by atoms with van der Waals surface area (Å²) in [6.45, 7) is 6.29. The molecule has 0 radical (unpaired) electrons. The minimum Gasteiger partial charge on any atom is -0.469 e. The van der Waals surface area contributed by atoms with Gasteiger partial charge in [0.1, 0.15) is 5.76 Å². The Bertz CT molecular complexity index is 1010. The number of rotatable bonds is 3. The molecule has 1 N–H and O–H groups in total. The van der Waals surface area contributed by atoms with E-state index < -0.39 is 0 Å². The van der Waals surface area contributed by atoms with Crippen LogP contribution in [0.1, 0.15) is 23.4 Å². The molecule has 1 saturated heterocycles. The maximum atomic E-state index is 12.9. The van der Waals surface area contributed by atoms with Crippen molar-refractivity contribution >= 4 is 5.65 Å². The van der Waals surface area contributed by atoms with Gasteiger partial charge in [0.15, 0.2) is 5.65 Å². The average Bonchev–Trinajstić information content (AvgIpc) is 3.35. The highest BCUT2D eigenvalue weighted by Crippen LogP contribution is 2.25. The predicted octanol–water partition coefficient (Wildman–Crippen LogP) is 1.99. The van der Waals surface area contributed by atoms with Gasteiger partial charge in [0, 0.05) is 43.4 Å². The Morgan fingerprint density at radius 2 is 2.35 bits per heavy atom. The predicted molar refractivity (Wildman–Crippen MR) is 96.2 cm³/mol. The van der Waals surface area contributed by atoms with Crippen molar-refractivity contribution < 1.29 is 9.15 Å². The standard InChI is InChI=1S/C19H22N4O3/c1-12-14(4-7-26-12)16-8-18-20-17-10-22(9-13-3-6-25-11-13)5-2-15(17)19(24)23(18)21-16/h4,7-8,13,21H,2-3,5-6,9-11H2,1H3/t13-/m0/s1. The number of ether oxygens (including phenoxy) is 1. The van der Waals surface area contributed by atoms with Gasteiger partial charge in [-0.1, -0.05) is 0 Å². The largest absolute Gasteiger partial charge is 0.469 e. The maximum Gasteiger partial charge on any atom is 0.276 e. The first kappa shape index (κ1) is 15.8. The van der Waals surface area contributed by atoms with Crippen molar-refractivity contribution in [2.24, 2.45) is 5.92 Å². The second-order valence-corrected chi connectivity index (χ2v) is 7.31. The first-order valence-corrected chi connectivity index (χ1v) is 9.17. The lowest BCUT2D eigenvalue weighted by molar-refractivity contribution is 0.161. The van der Waals surface area contributed by atoms with E-state index in [9.17, 15) is 4.79 Å². The quantitative estimate of drug-likeness (QED) is 0.778. The summed E-state index contributed by atoms with van der Waals surface area (Å²) in [6, 6.07) is 3.82. The van der Waals surface area contributed by atoms with Crippen molar-refractivity contribution in [3.8, 4) is 11.3 Å². The third kappa shape index (κ3) is 2.59. The molecule has 1 atom stereocenters. The van der Waals surface area contributed by atoms with Gasteiger partial charge < -0.3 is 9.15 Å². The van der Waals surface area contributed by atoms with Crippen molar-refractivity contribution in [1.82, 2.24) is 19.5 Å². The molecule has 5 rings (SSSR count). The van der Waals surface area contributed by atoms with E-state index in [4.69, 9.17) is 14.1 Å². The molecule has 0 spiro atoms. The molecule has 0 saturated carbocycles. The summed E-state index contributed by atoms with van der Waals surface area (Å²) in [6.07, 6.45) is 3.53. The van der Waals surface area contributed by atoms with Gasteiger partial charge in [0.25, 0.3) is 5.56 Å². The summed E-state index contributed by atoms with van der Waals surface area (Å²) in [4.78, 5) is 20.1. The van der Waals surface area contributed by atoms with Crippen molar-refractivity contribution in [2.75, 3.05) is 26.3 Å². The smallest absolute Gasteiger partial charge is 0.276 e. The van der Waals surface area contributed by atoms with E-state index in [1.54, 1.807) is 10.8 Å². The number of fused-ring (bicyclic) bond motifs is 2. The Hall–Kier alpha value is -2.38. The van der Waals surface area contributed by atoms with Crippen LogP contribution in [0.2, 0.25) is 0 Å². The van der Waals surface area contributed by atoms with Crippen LogP contribution in [0.25, 0.3) is 16.9 Å². The van der Waals surface area contributed by atoms with E-state index in [0.717, 1.165) is 74.0 Å². The van der Waals surface area contributed by atoms with E-state index in [1.807, 2.05) is 19.1 Å². The number of nitrogens with one attached hydrogen (secondary N) is 1. The second kappa shape index (κ2) is 6.10. The zero-order valence-electron chi connectivity index (χ0n) is 14.8. The molecule has 3 aromatic heterocycles. The molecule has 0 bridgehead atoms. The Kier molecular flexibility index (Phi) is 3.72. The van der Waals surface area contributed by atoms with Crippen LogP contribution in [-0.2, 0) is 17.7 Å². The fraction of sp³-hybridized carbons (Fsp3) is 0.474. The number of hydrogen-bond donors (Lipinski definition) is 1. The molecule has 0 aliphatic carbocycles. The number of hydrogen-bond acceptors (Lipinski definition) is 5. The minimum atomic E-state index is 0.0150. The van der Waals surface area contributed by atoms with Gasteiger partial charge in [-0.15, -0.1) is 0 Å². The van der Waals surface area contributed by atoms with Crippen molar-refractivity contribution in [3.05, 3.63) is 45.8 Å². The van der Waals surface area contributed by atoms with Crippen molar-refractivity contribution in [2.45, 2.75) is 26.3 Å². The molecule has 26 heavy (non-hydrogen) atoms. The molecule has 2 aliphatic heterocycles. The highest BCUT2D eigenvalue weighted by atomic mass is 16.5. The summed E-state index contributed by atoms with van der Waals surface area (Å²) >= 11 is 0. The van der Waals surface area contributed by atoms with Crippen LogP contribution >= 0.6 is 0 Å². The number of furan rings is 1. The fourth-order valence-corrected chi connectivity index (χ4v) is 4.10. The zero-order chi connectivity index (χ0) is 17.7. The molecule has 0 aromatic carbocycles. The normalized spacial score (nSPS) is 20.7. The lowest BCUT2D eigenvalue weighted by Crippen LogP contribution is -2.38. The van der Waals surface area contributed by atoms with Crippen LogP contribution in [-0.4, -0.2) is 45.8 Å². The number of nitrogens with zero attached hydrogens (tertiary/aromatic N) is 3. The molecule has 7 nitrogen and oxygen atoms in total. The summed E-state index contributed by atoms with van der Waals surface area (Å²) in [5.41, 5.74) is 4.23. The van der Waals surface area contributed by atoms with E-state index in [1.165, 1.54) is 0 Å². The molecular weight excluding hydrogens is 332 g/mol. The van der Waals surface area contributed by atoms with Gasteiger partial charge >= 0.3 is 0 Å². The van der Waals surface area contributed by atoms with Crippen LogP contribution < -0.4 is 5.56 Å². The molecular formula is C19H22N4O3. The van der Waals surface area contributed by atoms with Gasteiger partial charge in [-0.2, -0.15) is 0 Å². The number of aryl methyl sites for hydroxylation is 1. The van der Waals surface area contributed by atoms with Crippen LogP contribution in [0.3, 0.4) is 0 Å². The summed E-state index contributed by atoms with van der Waals surface area (Å²) in [5.74, 6) is 1.42. The molecule has 2 aliphatic rings. The van der Waals surface area contributed by atoms with Gasteiger partial charge in [-0.05, 0) is 31.7 Å². The SMILES string of the molecule is Cc1occc1-c1cc2nc3c(c(=O)n2[nH]1)CCN(C[C@@H]1CCOC1)C3. The Labute approximate surface area is 150 Å². The Morgan fingerprint density at radius 3 is 3.12 bits per heavy atom. The number of aromatic amines is 1. The van der Waals surface area contributed by atoms with E-state index >= 15 is 0 Å². The van der Waals surface area contributed by atoms with Crippen molar-refractivity contribution in [3.63, 3.8) is 0 Å². The molecule has 5 heterocycles. The minimum absolute atomic E-state index is 0.0150. The Balaban J connectivity index is 1.49. The Morgan fingerprint density at radius 1 is 1.42 bits per heavy atom. The van der Waals surface area contributed by atoms with Gasteiger partial charge in [0.2, 0.25) is 0 Å². The van der Waals surface area contributed by atoms with Crippen LogP contribution in [0.15, 0.2) is 27.6 Å². The third-order valence-electron chi connectivity index (χ3n) is 5.53. The second-order valence-electron chi connectivity index (χ2n) is 7.31. The van der Waals surface area contributed by atoms with E-state index in [2.05, 4.69) is 10.00 Å². The molecule has 136 valence electrons.